The number of rotatable bonds is 6. The van der Waals surface area contributed by atoms with Gasteiger partial charge in [0.15, 0.2) is 0 Å². The number of hydrogen-bond acceptors (Lipinski definition) is 3. The Bertz CT molecular complexity index is 249. The molecule has 0 spiro atoms. The van der Waals surface area contributed by atoms with Crippen LogP contribution in [-0.4, -0.2) is 49.8 Å². The Morgan fingerprint density at radius 2 is 2.00 bits per heavy atom. The highest BCUT2D eigenvalue weighted by molar-refractivity contribution is 4.98. The van der Waals surface area contributed by atoms with E-state index in [-0.39, 0.29) is 5.54 Å². The van der Waals surface area contributed by atoms with Crippen molar-refractivity contribution in [1.82, 2.24) is 10.2 Å². The molecule has 0 bridgehead atoms. The molecule has 2 aliphatic rings. The van der Waals surface area contributed by atoms with E-state index < -0.39 is 0 Å². The van der Waals surface area contributed by atoms with Crippen molar-refractivity contribution in [2.24, 2.45) is 5.92 Å². The lowest BCUT2D eigenvalue weighted by Gasteiger charge is -2.49. The second kappa shape index (κ2) is 6.36. The third-order valence-electron chi connectivity index (χ3n) is 5.34. The van der Waals surface area contributed by atoms with Crippen molar-refractivity contribution in [3.8, 4) is 0 Å². The minimum atomic E-state index is 0.286. The van der Waals surface area contributed by atoms with Crippen LogP contribution in [0.3, 0.4) is 0 Å². The first-order valence-corrected chi connectivity index (χ1v) is 7.70. The van der Waals surface area contributed by atoms with Gasteiger partial charge in [-0.05, 0) is 32.7 Å². The van der Waals surface area contributed by atoms with Crippen LogP contribution in [0.15, 0.2) is 0 Å². The van der Waals surface area contributed by atoms with Crippen LogP contribution in [0.5, 0.6) is 0 Å². The van der Waals surface area contributed by atoms with E-state index in [4.69, 9.17) is 4.74 Å². The Balaban J connectivity index is 2.01. The number of hydrogen-bond donors (Lipinski definition) is 1. The topological polar surface area (TPSA) is 24.5 Å². The Labute approximate surface area is 112 Å². The third kappa shape index (κ3) is 2.89. The first-order chi connectivity index (χ1) is 8.70. The fraction of sp³-hybridized carbons (Fsp3) is 1.00. The van der Waals surface area contributed by atoms with E-state index in [9.17, 15) is 0 Å². The van der Waals surface area contributed by atoms with Crippen molar-refractivity contribution in [1.29, 1.82) is 0 Å². The highest BCUT2D eigenvalue weighted by atomic mass is 16.5. The second-order valence-electron chi connectivity index (χ2n) is 6.18. The molecule has 0 amide bonds. The van der Waals surface area contributed by atoms with Gasteiger partial charge in [0.05, 0.1) is 13.2 Å². The molecule has 1 aliphatic carbocycles. The molecular formula is C15H30N2O. The van der Waals surface area contributed by atoms with Crippen LogP contribution in [0, 0.1) is 5.92 Å². The lowest BCUT2D eigenvalue weighted by molar-refractivity contribution is -0.0360. The molecular weight excluding hydrogens is 224 g/mol. The van der Waals surface area contributed by atoms with E-state index in [1.54, 1.807) is 0 Å². The number of nitrogens with one attached hydrogen (secondary N) is 1. The van der Waals surface area contributed by atoms with Crippen molar-refractivity contribution >= 4 is 0 Å². The van der Waals surface area contributed by atoms with Gasteiger partial charge < -0.3 is 10.1 Å². The first-order valence-electron chi connectivity index (χ1n) is 7.70. The maximum atomic E-state index is 5.50. The molecule has 18 heavy (non-hydrogen) atoms. The summed E-state index contributed by atoms with van der Waals surface area (Å²) < 4.78 is 5.50. The number of morpholine rings is 1. The van der Waals surface area contributed by atoms with Gasteiger partial charge in [0.1, 0.15) is 0 Å². The maximum absolute atomic E-state index is 5.50. The quantitative estimate of drug-likeness (QED) is 0.787. The highest BCUT2D eigenvalue weighted by Crippen LogP contribution is 2.35. The molecule has 0 aromatic rings. The minimum absolute atomic E-state index is 0.286. The SMILES string of the molecule is CCC(C)(C(CC1CCC1)NC)N1CCOCC1. The van der Waals surface area contributed by atoms with Crippen molar-refractivity contribution in [2.45, 2.75) is 57.5 Å². The molecule has 106 valence electrons. The summed E-state index contributed by atoms with van der Waals surface area (Å²) in [6.07, 6.45) is 6.90. The number of likely N-dealkylation sites (N-methyl/N-ethyl adjacent to an activating group) is 1. The van der Waals surface area contributed by atoms with Crippen LogP contribution in [0.25, 0.3) is 0 Å². The fourth-order valence-corrected chi connectivity index (χ4v) is 3.51. The van der Waals surface area contributed by atoms with Gasteiger partial charge in [0.2, 0.25) is 0 Å². The predicted molar refractivity (Wildman–Crippen MR) is 75.9 cm³/mol. The molecule has 2 fully saturated rings. The van der Waals surface area contributed by atoms with E-state index in [1.807, 2.05) is 0 Å². The van der Waals surface area contributed by atoms with E-state index in [0.717, 1.165) is 32.2 Å². The molecule has 1 N–H and O–H groups in total. The predicted octanol–water partition coefficient (Wildman–Crippen LogP) is 2.27. The van der Waals surface area contributed by atoms with E-state index in [2.05, 4.69) is 31.1 Å². The number of nitrogens with zero attached hydrogens (tertiary/aromatic N) is 1. The summed E-state index contributed by atoms with van der Waals surface area (Å²) in [4.78, 5) is 2.65. The van der Waals surface area contributed by atoms with Gasteiger partial charge in [-0.1, -0.05) is 26.2 Å². The molecule has 3 nitrogen and oxygen atoms in total. The fourth-order valence-electron chi connectivity index (χ4n) is 3.51. The van der Waals surface area contributed by atoms with Crippen LogP contribution in [-0.2, 0) is 4.74 Å². The summed E-state index contributed by atoms with van der Waals surface area (Å²) in [5.74, 6) is 0.967. The Kier molecular flexibility index (Phi) is 5.05. The molecule has 0 aromatic heterocycles. The van der Waals surface area contributed by atoms with Gasteiger partial charge in [-0.25, -0.2) is 0 Å². The second-order valence-corrected chi connectivity index (χ2v) is 6.18. The monoisotopic (exact) mass is 254 g/mol. The van der Waals surface area contributed by atoms with Gasteiger partial charge in [-0.3, -0.25) is 4.90 Å². The molecule has 2 unspecified atom stereocenters. The molecule has 1 saturated carbocycles. The average Bonchev–Trinajstić information content (AvgIpc) is 2.38. The van der Waals surface area contributed by atoms with Crippen molar-refractivity contribution in [3.05, 3.63) is 0 Å². The minimum Gasteiger partial charge on any atom is -0.379 e. The van der Waals surface area contributed by atoms with Crippen molar-refractivity contribution in [2.75, 3.05) is 33.4 Å². The zero-order chi connectivity index (χ0) is 13.0. The van der Waals surface area contributed by atoms with Crippen LogP contribution >= 0.6 is 0 Å². The highest BCUT2D eigenvalue weighted by Gasteiger charge is 2.39. The normalized spacial score (nSPS) is 27.5. The molecule has 3 heteroatoms. The Morgan fingerprint density at radius 3 is 2.44 bits per heavy atom. The summed E-state index contributed by atoms with van der Waals surface area (Å²) in [6, 6.07) is 0.617. The Morgan fingerprint density at radius 1 is 1.33 bits per heavy atom. The molecule has 1 saturated heterocycles. The van der Waals surface area contributed by atoms with Crippen molar-refractivity contribution in [3.63, 3.8) is 0 Å². The van der Waals surface area contributed by atoms with Crippen LogP contribution < -0.4 is 5.32 Å². The summed E-state index contributed by atoms with van der Waals surface area (Å²) in [5, 5.41) is 3.61. The van der Waals surface area contributed by atoms with Crippen LogP contribution in [0.1, 0.15) is 46.0 Å². The molecule has 1 heterocycles. The van der Waals surface area contributed by atoms with E-state index in [0.29, 0.717) is 6.04 Å². The smallest absolute Gasteiger partial charge is 0.0594 e. The Hall–Kier alpha value is -0.120. The molecule has 0 radical (unpaired) electrons. The van der Waals surface area contributed by atoms with Gasteiger partial charge in [-0.15, -0.1) is 0 Å². The van der Waals surface area contributed by atoms with Gasteiger partial charge in [-0.2, -0.15) is 0 Å². The molecule has 1 aliphatic heterocycles. The van der Waals surface area contributed by atoms with Gasteiger partial charge in [0.25, 0.3) is 0 Å². The largest absolute Gasteiger partial charge is 0.379 e. The standard InChI is InChI=1S/C15H30N2O/c1-4-15(2,17-8-10-18-11-9-17)14(16-3)12-13-6-5-7-13/h13-14,16H,4-12H2,1-3H3. The zero-order valence-corrected chi connectivity index (χ0v) is 12.4. The summed E-state index contributed by atoms with van der Waals surface area (Å²) in [5.41, 5.74) is 0.286. The number of ether oxygens (including phenoxy) is 1. The van der Waals surface area contributed by atoms with E-state index >= 15 is 0 Å². The van der Waals surface area contributed by atoms with Gasteiger partial charge in [0, 0.05) is 24.7 Å². The lowest BCUT2D eigenvalue weighted by atomic mass is 9.75. The summed E-state index contributed by atoms with van der Waals surface area (Å²) >= 11 is 0. The van der Waals surface area contributed by atoms with E-state index in [1.165, 1.54) is 32.1 Å². The first kappa shape index (κ1) is 14.3. The summed E-state index contributed by atoms with van der Waals surface area (Å²) in [6.45, 7) is 8.75. The summed E-state index contributed by atoms with van der Waals surface area (Å²) in [7, 11) is 2.14. The lowest BCUT2D eigenvalue weighted by Crippen LogP contribution is -2.61. The molecule has 2 rings (SSSR count). The molecule has 2 atom stereocenters. The van der Waals surface area contributed by atoms with Gasteiger partial charge >= 0.3 is 0 Å². The average molecular weight is 254 g/mol. The van der Waals surface area contributed by atoms with Crippen LogP contribution in [0.4, 0.5) is 0 Å². The van der Waals surface area contributed by atoms with Crippen LogP contribution in [0.2, 0.25) is 0 Å². The third-order valence-corrected chi connectivity index (χ3v) is 5.34. The zero-order valence-electron chi connectivity index (χ0n) is 12.4. The molecule has 0 aromatic carbocycles. The maximum Gasteiger partial charge on any atom is 0.0594 e. The van der Waals surface area contributed by atoms with Crippen molar-refractivity contribution < 1.29 is 4.74 Å².